The Morgan fingerprint density at radius 2 is 1.63 bits per heavy atom. The lowest BCUT2D eigenvalue weighted by Gasteiger charge is -2.34. The van der Waals surface area contributed by atoms with Gasteiger partial charge in [0.05, 0.1) is 11.3 Å². The molecule has 35 heavy (non-hydrogen) atoms. The molecule has 0 saturated heterocycles. The monoisotopic (exact) mass is 501 g/mol. The van der Waals surface area contributed by atoms with Crippen LogP contribution in [0, 0.1) is 0 Å². The lowest BCUT2D eigenvalue weighted by atomic mass is 9.99. The summed E-state index contributed by atoms with van der Waals surface area (Å²) in [6.07, 6.45) is -3.14. The molecule has 3 N–H and O–H groups in total. The number of hydrogen-bond donors (Lipinski definition) is 2. The Bertz CT molecular complexity index is 1270. The third-order valence-corrected chi connectivity index (χ3v) is 6.44. The van der Waals surface area contributed by atoms with E-state index in [4.69, 9.17) is 5.73 Å². The van der Waals surface area contributed by atoms with Gasteiger partial charge in [-0.3, -0.25) is 0 Å². The smallest absolute Gasteiger partial charge is 0.451 e. The highest BCUT2D eigenvalue weighted by atomic mass is 32.2. The van der Waals surface area contributed by atoms with Gasteiger partial charge in [0.2, 0.25) is 5.82 Å². The number of aromatic nitrogens is 2. The topological polar surface area (TPSA) is 95.6 Å². The van der Waals surface area contributed by atoms with E-state index in [0.29, 0.717) is 16.7 Å². The fourth-order valence-electron chi connectivity index (χ4n) is 4.04. The molecule has 3 aromatic rings. The van der Waals surface area contributed by atoms with Gasteiger partial charge in [0, 0.05) is 12.1 Å². The zero-order valence-electron chi connectivity index (χ0n) is 18.8. The van der Waals surface area contributed by atoms with E-state index in [2.05, 4.69) is 9.97 Å². The van der Waals surface area contributed by atoms with Gasteiger partial charge < -0.3 is 10.8 Å². The summed E-state index contributed by atoms with van der Waals surface area (Å²) in [5, 5.41) is 12.0. The molecule has 0 amide bonds. The number of nitrogens with two attached hydrogens (primary N) is 1. The van der Waals surface area contributed by atoms with Crippen LogP contribution in [0.1, 0.15) is 12.7 Å². The highest BCUT2D eigenvalue weighted by Crippen LogP contribution is 2.44. The maximum Gasteiger partial charge on any atom is 0.451 e. The Hall–Kier alpha value is -3.57. The van der Waals surface area contributed by atoms with Gasteiger partial charge in [-0.15, -0.1) is 11.8 Å². The quantitative estimate of drug-likeness (QED) is 0.496. The molecule has 0 aliphatic carbocycles. The Labute approximate surface area is 204 Å². The highest BCUT2D eigenvalue weighted by Gasteiger charge is 2.44. The number of benzene rings is 2. The molecule has 0 bridgehead atoms. The van der Waals surface area contributed by atoms with Crippen molar-refractivity contribution in [1.82, 2.24) is 15.0 Å². The Balaban J connectivity index is 2.12. The van der Waals surface area contributed by atoms with Crippen LogP contribution in [0.15, 0.2) is 72.1 Å². The maximum absolute atomic E-state index is 14.0. The van der Waals surface area contributed by atoms with E-state index in [1.54, 1.807) is 78.9 Å². The second-order valence-corrected chi connectivity index (χ2v) is 8.50. The fourth-order valence-corrected chi connectivity index (χ4v) is 4.98. The molecular weight excluding hydrogens is 479 g/mol. The van der Waals surface area contributed by atoms with E-state index in [1.807, 2.05) is 0 Å². The van der Waals surface area contributed by atoms with Gasteiger partial charge in [-0.1, -0.05) is 67.6 Å². The lowest BCUT2D eigenvalue weighted by Crippen LogP contribution is -2.44. The molecule has 2 heterocycles. The SMILES string of the molecule is CCN1C(SC)C(C(=O)O)=C(N)N1c1nc(C(F)(F)F)nc(-c2ccccc2)c1-c1ccccc1. The molecule has 11 heteroatoms. The summed E-state index contributed by atoms with van der Waals surface area (Å²) in [7, 11) is 0. The largest absolute Gasteiger partial charge is 0.478 e. The summed E-state index contributed by atoms with van der Waals surface area (Å²) in [6, 6.07) is 17.2. The van der Waals surface area contributed by atoms with Crippen molar-refractivity contribution >= 4 is 23.5 Å². The summed E-state index contributed by atoms with van der Waals surface area (Å²) >= 11 is 1.22. The van der Waals surface area contributed by atoms with Crippen LogP contribution in [0.4, 0.5) is 19.0 Å². The number of hydrogen-bond acceptors (Lipinski definition) is 7. The third-order valence-electron chi connectivity index (χ3n) is 5.51. The number of carboxylic acid groups (broad SMARTS) is 1. The van der Waals surface area contributed by atoms with E-state index in [1.165, 1.54) is 16.8 Å². The van der Waals surface area contributed by atoms with E-state index >= 15 is 0 Å². The number of anilines is 1. The summed E-state index contributed by atoms with van der Waals surface area (Å²) in [5.74, 6) is -2.94. The van der Waals surface area contributed by atoms with Crippen LogP contribution in [0.2, 0.25) is 0 Å². The van der Waals surface area contributed by atoms with Crippen LogP contribution >= 0.6 is 11.8 Å². The first-order chi connectivity index (χ1) is 16.7. The zero-order valence-corrected chi connectivity index (χ0v) is 19.6. The van der Waals surface area contributed by atoms with Gasteiger partial charge in [-0.25, -0.2) is 19.8 Å². The fraction of sp³-hybridized carbons (Fsp3) is 0.208. The lowest BCUT2D eigenvalue weighted by molar-refractivity contribution is -0.144. The molecule has 1 atom stereocenters. The predicted molar refractivity (Wildman–Crippen MR) is 129 cm³/mol. The molecule has 7 nitrogen and oxygen atoms in total. The van der Waals surface area contributed by atoms with Crippen LogP contribution < -0.4 is 10.7 Å². The summed E-state index contributed by atoms with van der Waals surface area (Å²) in [6.45, 7) is 2.03. The van der Waals surface area contributed by atoms with Crippen molar-refractivity contribution in [1.29, 1.82) is 0 Å². The number of carboxylic acids is 1. The van der Waals surface area contributed by atoms with Gasteiger partial charge in [0.1, 0.15) is 16.8 Å². The minimum Gasteiger partial charge on any atom is -0.478 e. The number of likely N-dealkylation sites (N-methyl/N-ethyl adjacent to an activating group) is 1. The molecule has 0 saturated carbocycles. The number of nitrogens with zero attached hydrogens (tertiary/aromatic N) is 4. The van der Waals surface area contributed by atoms with Gasteiger partial charge in [-0.05, 0) is 11.8 Å². The summed E-state index contributed by atoms with van der Waals surface area (Å²) in [5.41, 5.74) is 7.56. The first-order valence-electron chi connectivity index (χ1n) is 10.6. The van der Waals surface area contributed by atoms with Crippen molar-refractivity contribution in [2.24, 2.45) is 5.73 Å². The van der Waals surface area contributed by atoms with Crippen LogP contribution in [0.5, 0.6) is 0 Å². The Kier molecular flexibility index (Phi) is 6.73. The van der Waals surface area contributed by atoms with E-state index < -0.39 is 23.3 Å². The normalized spacial score (nSPS) is 16.7. The molecule has 1 aromatic heterocycles. The van der Waals surface area contributed by atoms with Crippen LogP contribution in [-0.4, -0.2) is 44.2 Å². The first-order valence-corrected chi connectivity index (χ1v) is 11.9. The van der Waals surface area contributed by atoms with Crippen molar-refractivity contribution in [2.75, 3.05) is 17.8 Å². The van der Waals surface area contributed by atoms with Crippen molar-refractivity contribution in [3.8, 4) is 22.4 Å². The van der Waals surface area contributed by atoms with Crippen LogP contribution in [-0.2, 0) is 11.0 Å². The minimum absolute atomic E-state index is 0.0578. The average molecular weight is 502 g/mol. The number of halogens is 3. The van der Waals surface area contributed by atoms with Crippen molar-refractivity contribution in [3.63, 3.8) is 0 Å². The zero-order chi connectivity index (χ0) is 25.3. The third kappa shape index (κ3) is 4.44. The second-order valence-electron chi connectivity index (χ2n) is 7.58. The number of hydrazine groups is 1. The van der Waals surface area contributed by atoms with Crippen molar-refractivity contribution in [3.05, 3.63) is 77.9 Å². The van der Waals surface area contributed by atoms with Crippen LogP contribution in [0.25, 0.3) is 22.4 Å². The first kappa shape index (κ1) is 24.6. The van der Waals surface area contributed by atoms with Gasteiger partial charge in [0.25, 0.3) is 0 Å². The number of rotatable bonds is 6. The predicted octanol–water partition coefficient (Wildman–Crippen LogP) is 4.83. The molecule has 0 fully saturated rings. The molecule has 2 aromatic carbocycles. The molecule has 182 valence electrons. The second kappa shape index (κ2) is 9.59. The van der Waals surface area contributed by atoms with E-state index in [0.717, 1.165) is 0 Å². The van der Waals surface area contributed by atoms with Crippen molar-refractivity contribution in [2.45, 2.75) is 18.5 Å². The summed E-state index contributed by atoms with van der Waals surface area (Å²) in [4.78, 5) is 19.9. The van der Waals surface area contributed by atoms with E-state index in [-0.39, 0.29) is 29.5 Å². The maximum atomic E-state index is 14.0. The standard InChI is InChI=1S/C24H22F3N5O2S/c1-3-31-21(35-2)17(22(33)34)19(28)32(31)20-16(14-10-6-4-7-11-14)18(15-12-8-5-9-13-15)29-23(30-20)24(25,26)27/h4-13,21H,3,28H2,1-2H3,(H,33,34). The molecule has 1 unspecified atom stereocenters. The molecular formula is C24H22F3N5O2S. The van der Waals surface area contributed by atoms with Gasteiger partial charge >= 0.3 is 12.1 Å². The summed E-state index contributed by atoms with van der Waals surface area (Å²) < 4.78 is 42.0. The molecule has 1 aliphatic rings. The average Bonchev–Trinajstić information content (AvgIpc) is 3.15. The Morgan fingerprint density at radius 3 is 2.11 bits per heavy atom. The van der Waals surface area contributed by atoms with E-state index in [9.17, 15) is 23.1 Å². The Morgan fingerprint density at radius 1 is 1.06 bits per heavy atom. The molecule has 1 aliphatic heterocycles. The number of aliphatic carboxylic acids is 1. The number of alkyl halides is 3. The molecule has 0 radical (unpaired) electrons. The van der Waals surface area contributed by atoms with Gasteiger partial charge in [-0.2, -0.15) is 18.2 Å². The molecule has 4 rings (SSSR count). The molecule has 0 spiro atoms. The van der Waals surface area contributed by atoms with Gasteiger partial charge in [0.15, 0.2) is 5.82 Å². The minimum atomic E-state index is -4.85. The van der Waals surface area contributed by atoms with Crippen LogP contribution in [0.3, 0.4) is 0 Å². The number of thioether (sulfide) groups is 1. The highest BCUT2D eigenvalue weighted by molar-refractivity contribution is 7.99. The van der Waals surface area contributed by atoms with Crippen molar-refractivity contribution < 1.29 is 23.1 Å². The number of carbonyl (C=O) groups is 1.